The number of nitrogen functional groups attached to an aromatic ring is 1. The van der Waals surface area contributed by atoms with Crippen molar-refractivity contribution in [2.75, 3.05) is 31.8 Å². The highest BCUT2D eigenvalue weighted by molar-refractivity contribution is 7.22. The standard InChI is InChI=1S/C21H21ClN6O2S/c1-11-5-12-7-15(31-19(12)14(6-11)30-2)18-17-20(23)24-10-25-21(17)28(26-18)13-3-4-27(9-13)16(29)8-22/h5-7,10,13H,3-4,8-9H2,1-2H3,(H2,23,24,25). The Morgan fingerprint density at radius 2 is 2.19 bits per heavy atom. The van der Waals surface area contributed by atoms with Crippen molar-refractivity contribution in [2.24, 2.45) is 0 Å². The number of methoxy groups -OCH3 is 1. The molecule has 5 rings (SSSR count). The Balaban J connectivity index is 1.65. The molecule has 4 heterocycles. The number of thiophene rings is 1. The van der Waals surface area contributed by atoms with Gasteiger partial charge < -0.3 is 15.4 Å². The van der Waals surface area contributed by atoms with Crippen molar-refractivity contribution in [3.8, 4) is 16.3 Å². The fraction of sp³-hybridized carbons (Fsp3) is 0.333. The van der Waals surface area contributed by atoms with Crippen LogP contribution in [0, 0.1) is 6.92 Å². The van der Waals surface area contributed by atoms with Gasteiger partial charge >= 0.3 is 0 Å². The molecule has 0 spiro atoms. The Morgan fingerprint density at radius 3 is 2.97 bits per heavy atom. The van der Waals surface area contributed by atoms with Gasteiger partial charge in [-0.05, 0) is 36.4 Å². The molecule has 1 saturated heterocycles. The minimum Gasteiger partial charge on any atom is -0.495 e. The number of hydrogen-bond acceptors (Lipinski definition) is 7. The lowest BCUT2D eigenvalue weighted by molar-refractivity contribution is -0.127. The first-order valence-electron chi connectivity index (χ1n) is 9.91. The summed E-state index contributed by atoms with van der Waals surface area (Å²) in [6.07, 6.45) is 2.23. The highest BCUT2D eigenvalue weighted by Gasteiger charge is 2.30. The summed E-state index contributed by atoms with van der Waals surface area (Å²) < 4.78 is 8.53. The molecule has 2 N–H and O–H groups in total. The van der Waals surface area contributed by atoms with E-state index in [1.54, 1.807) is 23.3 Å². The third kappa shape index (κ3) is 3.28. The predicted octanol–water partition coefficient (Wildman–Crippen LogP) is 3.62. The molecule has 1 unspecified atom stereocenters. The van der Waals surface area contributed by atoms with Gasteiger partial charge in [-0.1, -0.05) is 6.07 Å². The molecule has 10 heteroatoms. The van der Waals surface area contributed by atoms with Gasteiger partial charge in [0.1, 0.15) is 29.5 Å². The van der Waals surface area contributed by atoms with Gasteiger partial charge in [-0.25, -0.2) is 14.6 Å². The van der Waals surface area contributed by atoms with Crippen LogP contribution in [0.25, 0.3) is 31.7 Å². The summed E-state index contributed by atoms with van der Waals surface area (Å²) in [5.74, 6) is 1.14. The molecule has 1 atom stereocenters. The first kappa shape index (κ1) is 20.0. The second-order valence-electron chi connectivity index (χ2n) is 7.66. The van der Waals surface area contributed by atoms with Crippen molar-refractivity contribution in [1.82, 2.24) is 24.6 Å². The molecule has 0 saturated carbocycles. The third-order valence-electron chi connectivity index (χ3n) is 5.67. The molecular weight excluding hydrogens is 436 g/mol. The summed E-state index contributed by atoms with van der Waals surface area (Å²) in [5, 5.41) is 6.75. The fourth-order valence-electron chi connectivity index (χ4n) is 4.21. The van der Waals surface area contributed by atoms with Crippen molar-refractivity contribution in [1.29, 1.82) is 0 Å². The van der Waals surface area contributed by atoms with E-state index in [-0.39, 0.29) is 17.8 Å². The molecule has 1 aliphatic heterocycles. The number of benzene rings is 1. The number of rotatable bonds is 4. The van der Waals surface area contributed by atoms with E-state index >= 15 is 0 Å². The van der Waals surface area contributed by atoms with Crippen molar-refractivity contribution >= 4 is 55.8 Å². The summed E-state index contributed by atoms with van der Waals surface area (Å²) in [5.41, 5.74) is 8.82. The minimum absolute atomic E-state index is 0.00359. The van der Waals surface area contributed by atoms with E-state index in [2.05, 4.69) is 22.1 Å². The van der Waals surface area contributed by atoms with Crippen LogP contribution in [0.2, 0.25) is 0 Å². The Kier molecular flexibility index (Phi) is 4.94. The summed E-state index contributed by atoms with van der Waals surface area (Å²) in [4.78, 5) is 23.5. The van der Waals surface area contributed by atoms with Crippen LogP contribution in [0.1, 0.15) is 18.0 Å². The quantitative estimate of drug-likeness (QED) is 0.471. The number of ether oxygens (including phenoxy) is 1. The molecule has 4 aromatic rings. The van der Waals surface area contributed by atoms with Gasteiger partial charge in [0.2, 0.25) is 5.91 Å². The first-order valence-corrected chi connectivity index (χ1v) is 11.3. The van der Waals surface area contributed by atoms with Gasteiger partial charge in [0.25, 0.3) is 0 Å². The lowest BCUT2D eigenvalue weighted by atomic mass is 10.1. The van der Waals surface area contributed by atoms with Crippen LogP contribution in [-0.2, 0) is 4.79 Å². The van der Waals surface area contributed by atoms with E-state index in [1.807, 2.05) is 17.7 Å². The first-order chi connectivity index (χ1) is 15.0. The van der Waals surface area contributed by atoms with Gasteiger partial charge in [0.15, 0.2) is 5.65 Å². The van der Waals surface area contributed by atoms with E-state index in [0.29, 0.717) is 24.6 Å². The zero-order valence-corrected chi connectivity index (χ0v) is 18.7. The maximum absolute atomic E-state index is 12.0. The Labute approximate surface area is 187 Å². The second-order valence-corrected chi connectivity index (χ2v) is 8.98. The number of alkyl halides is 1. The van der Waals surface area contributed by atoms with Gasteiger partial charge in [-0.3, -0.25) is 4.79 Å². The maximum atomic E-state index is 12.0. The number of carbonyl (C=O) groups is 1. The molecule has 160 valence electrons. The molecule has 1 aromatic carbocycles. The molecule has 31 heavy (non-hydrogen) atoms. The van der Waals surface area contributed by atoms with Crippen LogP contribution >= 0.6 is 22.9 Å². The number of aromatic nitrogens is 4. The number of amides is 1. The summed E-state index contributed by atoms with van der Waals surface area (Å²) in [7, 11) is 1.68. The van der Waals surface area contributed by atoms with Crippen LogP contribution in [0.5, 0.6) is 5.75 Å². The van der Waals surface area contributed by atoms with Crippen LogP contribution in [0.3, 0.4) is 0 Å². The zero-order valence-electron chi connectivity index (χ0n) is 17.1. The molecule has 1 amide bonds. The van der Waals surface area contributed by atoms with E-state index in [9.17, 15) is 4.79 Å². The Bertz CT molecular complexity index is 1320. The predicted molar refractivity (Wildman–Crippen MR) is 123 cm³/mol. The smallest absolute Gasteiger partial charge is 0.237 e. The van der Waals surface area contributed by atoms with Crippen molar-refractivity contribution < 1.29 is 9.53 Å². The highest BCUT2D eigenvalue weighted by atomic mass is 35.5. The third-order valence-corrected chi connectivity index (χ3v) is 7.08. The molecule has 0 radical (unpaired) electrons. The number of hydrogen-bond donors (Lipinski definition) is 1. The number of carbonyl (C=O) groups excluding carboxylic acids is 1. The summed E-state index contributed by atoms with van der Waals surface area (Å²) in [6.45, 7) is 3.24. The van der Waals surface area contributed by atoms with Gasteiger partial charge in [-0.15, -0.1) is 22.9 Å². The molecule has 1 aliphatic rings. The van der Waals surface area contributed by atoms with Crippen LogP contribution in [0.4, 0.5) is 5.82 Å². The van der Waals surface area contributed by atoms with Gasteiger partial charge in [0, 0.05) is 13.1 Å². The SMILES string of the molecule is COc1cc(C)cc2cc(-c3nn(C4CCN(C(=O)CCl)C4)c4ncnc(N)c34)sc12. The molecule has 1 fully saturated rings. The van der Waals surface area contributed by atoms with Crippen molar-refractivity contribution in [3.05, 3.63) is 30.1 Å². The van der Waals surface area contributed by atoms with Crippen molar-refractivity contribution in [3.63, 3.8) is 0 Å². The topological polar surface area (TPSA) is 99.2 Å². The Morgan fingerprint density at radius 1 is 1.35 bits per heavy atom. The van der Waals surface area contributed by atoms with Crippen LogP contribution in [-0.4, -0.2) is 56.6 Å². The highest BCUT2D eigenvalue weighted by Crippen LogP contribution is 2.42. The average molecular weight is 457 g/mol. The number of fused-ring (bicyclic) bond motifs is 2. The average Bonchev–Trinajstić information content (AvgIpc) is 3.48. The van der Waals surface area contributed by atoms with E-state index < -0.39 is 0 Å². The Hall–Kier alpha value is -2.91. The summed E-state index contributed by atoms with van der Waals surface area (Å²) in [6, 6.07) is 6.26. The molecule has 0 aliphatic carbocycles. The number of halogens is 1. The number of nitrogens with two attached hydrogens (primary N) is 1. The summed E-state index contributed by atoms with van der Waals surface area (Å²) >= 11 is 7.35. The van der Waals surface area contributed by atoms with Crippen LogP contribution < -0.4 is 10.5 Å². The molecular formula is C21H21ClN6O2S. The number of nitrogens with zero attached hydrogens (tertiary/aromatic N) is 5. The van der Waals surface area contributed by atoms with Crippen LogP contribution in [0.15, 0.2) is 24.5 Å². The number of likely N-dealkylation sites (tertiary alicyclic amines) is 1. The lowest BCUT2D eigenvalue weighted by Crippen LogP contribution is -2.30. The number of anilines is 1. The van der Waals surface area contributed by atoms with E-state index in [0.717, 1.165) is 43.8 Å². The zero-order chi connectivity index (χ0) is 21.7. The van der Waals surface area contributed by atoms with E-state index in [4.69, 9.17) is 27.2 Å². The normalized spacial score (nSPS) is 16.5. The molecule has 0 bridgehead atoms. The van der Waals surface area contributed by atoms with E-state index in [1.165, 1.54) is 6.33 Å². The second kappa shape index (κ2) is 7.65. The molecule has 8 nitrogen and oxygen atoms in total. The van der Waals surface area contributed by atoms with Crippen molar-refractivity contribution in [2.45, 2.75) is 19.4 Å². The molecule has 3 aromatic heterocycles. The number of aryl methyl sites for hydroxylation is 1. The van der Waals surface area contributed by atoms with Gasteiger partial charge in [0.05, 0.1) is 28.1 Å². The maximum Gasteiger partial charge on any atom is 0.237 e. The minimum atomic E-state index is -0.0676. The fourth-order valence-corrected chi connectivity index (χ4v) is 5.50. The lowest BCUT2D eigenvalue weighted by Gasteiger charge is -2.15. The largest absolute Gasteiger partial charge is 0.495 e. The monoisotopic (exact) mass is 456 g/mol. The van der Waals surface area contributed by atoms with Gasteiger partial charge in [-0.2, -0.15) is 5.10 Å².